The number of para-hydroxylation sites is 1. The third kappa shape index (κ3) is 3.69. The number of methoxy groups -OCH3 is 1. The lowest BCUT2D eigenvalue weighted by atomic mass is 10.0. The number of likely N-dealkylation sites (tertiary alicyclic amines) is 2. The fourth-order valence-electron chi connectivity index (χ4n) is 4.20. The molecule has 0 aliphatic carbocycles. The Morgan fingerprint density at radius 1 is 1.15 bits per heavy atom. The average Bonchev–Trinajstić information content (AvgIpc) is 3.37. The van der Waals surface area contributed by atoms with Crippen molar-refractivity contribution < 1.29 is 13.9 Å². The van der Waals surface area contributed by atoms with Crippen LogP contribution in [0.4, 0.5) is 0 Å². The van der Waals surface area contributed by atoms with E-state index in [1.165, 1.54) is 0 Å². The van der Waals surface area contributed by atoms with E-state index < -0.39 is 0 Å². The molecular weight excluding hydrogens is 344 g/mol. The fraction of sp³-hybridized carbons (Fsp3) is 0.550. The lowest BCUT2D eigenvalue weighted by Gasteiger charge is -2.36. The number of hydrogen-bond donors (Lipinski definition) is 0. The van der Waals surface area contributed by atoms with Gasteiger partial charge in [-0.25, -0.2) is 0 Å². The van der Waals surface area contributed by atoms with E-state index in [1.54, 1.807) is 14.0 Å². The molecule has 1 unspecified atom stereocenters. The molecule has 27 heavy (non-hydrogen) atoms. The third-order valence-corrected chi connectivity index (χ3v) is 5.77. The average molecular weight is 370 g/mol. The topological polar surface area (TPSA) is 71.7 Å². The normalized spacial score (nSPS) is 21.6. The van der Waals surface area contributed by atoms with Crippen LogP contribution in [0, 0.1) is 0 Å². The molecule has 1 amide bonds. The van der Waals surface area contributed by atoms with Gasteiger partial charge in [-0.2, -0.15) is 0 Å². The lowest BCUT2D eigenvalue weighted by Crippen LogP contribution is -2.45. The van der Waals surface area contributed by atoms with Crippen molar-refractivity contribution in [2.75, 3.05) is 33.3 Å². The second-order valence-electron chi connectivity index (χ2n) is 7.36. The summed E-state index contributed by atoms with van der Waals surface area (Å²) in [7, 11) is 1.64. The summed E-state index contributed by atoms with van der Waals surface area (Å²) in [4.78, 5) is 16.0. The van der Waals surface area contributed by atoms with Gasteiger partial charge in [0.2, 0.25) is 11.8 Å². The number of aromatic nitrogens is 2. The quantitative estimate of drug-likeness (QED) is 0.824. The van der Waals surface area contributed by atoms with Gasteiger partial charge in [0, 0.05) is 32.6 Å². The molecule has 0 radical (unpaired) electrons. The lowest BCUT2D eigenvalue weighted by molar-refractivity contribution is -0.130. The number of benzene rings is 1. The van der Waals surface area contributed by atoms with Gasteiger partial charge in [0.15, 0.2) is 0 Å². The SMILES string of the molecule is COc1ccccc1-c1nnc(C2CCN(C3CCN(C(C)=O)CC3)C2)o1. The van der Waals surface area contributed by atoms with E-state index in [9.17, 15) is 4.79 Å². The number of carbonyl (C=O) groups is 1. The second-order valence-corrected chi connectivity index (χ2v) is 7.36. The molecule has 7 heteroatoms. The first-order chi connectivity index (χ1) is 13.2. The zero-order chi connectivity index (χ0) is 18.8. The van der Waals surface area contributed by atoms with Crippen molar-refractivity contribution in [1.82, 2.24) is 20.0 Å². The molecule has 1 aromatic carbocycles. The van der Waals surface area contributed by atoms with Crippen molar-refractivity contribution in [3.63, 3.8) is 0 Å². The standard InChI is InChI=1S/C20H26N4O3/c1-14(25)23-11-8-16(9-12-23)24-10-7-15(13-24)19-21-22-20(27-19)17-5-3-4-6-18(17)26-2/h3-6,15-16H,7-13H2,1-2H3. The number of rotatable bonds is 4. The van der Waals surface area contributed by atoms with E-state index in [0.717, 1.165) is 56.8 Å². The zero-order valence-corrected chi connectivity index (χ0v) is 15.9. The van der Waals surface area contributed by atoms with Gasteiger partial charge in [0.1, 0.15) is 5.75 Å². The number of piperidine rings is 1. The number of ether oxygens (including phenoxy) is 1. The summed E-state index contributed by atoms with van der Waals surface area (Å²) in [6, 6.07) is 8.23. The molecule has 0 saturated carbocycles. The minimum Gasteiger partial charge on any atom is -0.496 e. The smallest absolute Gasteiger partial charge is 0.251 e. The molecule has 2 saturated heterocycles. The van der Waals surface area contributed by atoms with Crippen LogP contribution in [0.3, 0.4) is 0 Å². The number of carbonyl (C=O) groups excluding carboxylic acids is 1. The molecule has 7 nitrogen and oxygen atoms in total. The second kappa shape index (κ2) is 7.68. The van der Waals surface area contributed by atoms with Crippen LogP contribution in [0.5, 0.6) is 5.75 Å². The van der Waals surface area contributed by atoms with E-state index >= 15 is 0 Å². The van der Waals surface area contributed by atoms with Crippen LogP contribution in [0.25, 0.3) is 11.5 Å². The molecule has 2 aliphatic rings. The van der Waals surface area contributed by atoms with Gasteiger partial charge in [-0.3, -0.25) is 9.69 Å². The van der Waals surface area contributed by atoms with E-state index in [-0.39, 0.29) is 11.8 Å². The highest BCUT2D eigenvalue weighted by atomic mass is 16.5. The zero-order valence-electron chi connectivity index (χ0n) is 15.9. The number of hydrogen-bond acceptors (Lipinski definition) is 6. The maximum absolute atomic E-state index is 11.5. The summed E-state index contributed by atoms with van der Waals surface area (Å²) in [6.45, 7) is 5.36. The highest BCUT2D eigenvalue weighted by Crippen LogP contribution is 2.33. The Kier molecular flexibility index (Phi) is 5.11. The highest BCUT2D eigenvalue weighted by Gasteiger charge is 2.34. The van der Waals surface area contributed by atoms with Crippen LogP contribution in [-0.4, -0.2) is 65.2 Å². The molecule has 1 aromatic heterocycles. The highest BCUT2D eigenvalue weighted by molar-refractivity contribution is 5.73. The van der Waals surface area contributed by atoms with Crippen LogP contribution >= 0.6 is 0 Å². The Bertz CT molecular complexity index is 798. The van der Waals surface area contributed by atoms with Crippen molar-refractivity contribution >= 4 is 5.91 Å². The first-order valence-corrected chi connectivity index (χ1v) is 9.62. The Hall–Kier alpha value is -2.41. The first kappa shape index (κ1) is 18.0. The molecule has 4 rings (SSSR count). The van der Waals surface area contributed by atoms with E-state index in [4.69, 9.17) is 9.15 Å². The fourth-order valence-corrected chi connectivity index (χ4v) is 4.20. The van der Waals surface area contributed by atoms with Crippen molar-refractivity contribution in [3.8, 4) is 17.2 Å². The predicted octanol–water partition coefficient (Wildman–Crippen LogP) is 2.55. The Labute approximate surface area is 159 Å². The molecule has 2 fully saturated rings. The monoisotopic (exact) mass is 370 g/mol. The summed E-state index contributed by atoms with van der Waals surface area (Å²) >= 11 is 0. The van der Waals surface area contributed by atoms with Crippen molar-refractivity contribution in [1.29, 1.82) is 0 Å². The van der Waals surface area contributed by atoms with Crippen LogP contribution < -0.4 is 4.74 Å². The number of amides is 1. The van der Waals surface area contributed by atoms with Crippen LogP contribution in [0.1, 0.15) is 38.0 Å². The Morgan fingerprint density at radius 3 is 2.67 bits per heavy atom. The predicted molar refractivity (Wildman–Crippen MR) is 100 cm³/mol. The van der Waals surface area contributed by atoms with Gasteiger partial charge in [0.25, 0.3) is 5.89 Å². The van der Waals surface area contributed by atoms with Crippen LogP contribution in [0.15, 0.2) is 28.7 Å². The van der Waals surface area contributed by atoms with E-state index in [2.05, 4.69) is 15.1 Å². The molecular formula is C20H26N4O3. The first-order valence-electron chi connectivity index (χ1n) is 9.62. The summed E-state index contributed by atoms with van der Waals surface area (Å²) < 4.78 is 11.4. The maximum atomic E-state index is 11.5. The summed E-state index contributed by atoms with van der Waals surface area (Å²) in [5.41, 5.74) is 0.824. The summed E-state index contributed by atoms with van der Waals surface area (Å²) in [5, 5.41) is 8.56. The molecule has 144 valence electrons. The molecule has 0 N–H and O–H groups in total. The third-order valence-electron chi connectivity index (χ3n) is 5.77. The van der Waals surface area contributed by atoms with Crippen LogP contribution in [0.2, 0.25) is 0 Å². The molecule has 2 aliphatic heterocycles. The van der Waals surface area contributed by atoms with Gasteiger partial charge in [-0.05, 0) is 37.9 Å². The Morgan fingerprint density at radius 2 is 1.93 bits per heavy atom. The van der Waals surface area contributed by atoms with Gasteiger partial charge in [-0.1, -0.05) is 12.1 Å². The van der Waals surface area contributed by atoms with E-state index in [0.29, 0.717) is 17.8 Å². The minimum atomic E-state index is 0.183. The molecule has 3 heterocycles. The van der Waals surface area contributed by atoms with Crippen molar-refractivity contribution in [2.24, 2.45) is 0 Å². The van der Waals surface area contributed by atoms with Crippen LogP contribution in [-0.2, 0) is 4.79 Å². The van der Waals surface area contributed by atoms with E-state index in [1.807, 2.05) is 29.2 Å². The molecule has 2 aromatic rings. The number of nitrogens with zero attached hydrogens (tertiary/aromatic N) is 4. The van der Waals surface area contributed by atoms with Crippen molar-refractivity contribution in [3.05, 3.63) is 30.2 Å². The van der Waals surface area contributed by atoms with Gasteiger partial charge in [0.05, 0.1) is 18.6 Å². The maximum Gasteiger partial charge on any atom is 0.251 e. The largest absolute Gasteiger partial charge is 0.496 e. The molecule has 1 atom stereocenters. The summed E-state index contributed by atoms with van der Waals surface area (Å²) in [6.07, 6.45) is 3.12. The molecule has 0 spiro atoms. The van der Waals surface area contributed by atoms with Gasteiger partial charge < -0.3 is 14.1 Å². The van der Waals surface area contributed by atoms with Gasteiger partial charge >= 0.3 is 0 Å². The molecule has 0 bridgehead atoms. The minimum absolute atomic E-state index is 0.183. The Balaban J connectivity index is 1.40. The van der Waals surface area contributed by atoms with Crippen molar-refractivity contribution in [2.45, 2.75) is 38.1 Å². The van der Waals surface area contributed by atoms with Gasteiger partial charge in [-0.15, -0.1) is 10.2 Å². The summed E-state index contributed by atoms with van der Waals surface area (Å²) in [5.74, 6) is 2.41.